The molecule has 0 saturated carbocycles. The van der Waals surface area contributed by atoms with Crippen LogP contribution in [0, 0.1) is 5.92 Å². The van der Waals surface area contributed by atoms with Crippen molar-refractivity contribution in [1.82, 2.24) is 10.6 Å². The standard InChI is InChI=1S/C8H18N4O2/c1-5(2)6(9)7(13)11-3-4-12-8(10)14/h5-6H,3-4,9H2,1-2H3,(H,11,13)(H3,10,12,14). The molecular weight excluding hydrogens is 184 g/mol. The number of carbonyl (C=O) groups excluding carboxylic acids is 2. The predicted octanol–water partition coefficient (Wildman–Crippen LogP) is -1.25. The Balaban J connectivity index is 3.59. The second-order valence-corrected chi connectivity index (χ2v) is 3.35. The molecule has 14 heavy (non-hydrogen) atoms. The van der Waals surface area contributed by atoms with E-state index in [9.17, 15) is 9.59 Å². The van der Waals surface area contributed by atoms with E-state index in [-0.39, 0.29) is 11.8 Å². The molecule has 0 rings (SSSR count). The number of nitrogens with two attached hydrogens (primary N) is 2. The lowest BCUT2D eigenvalue weighted by Gasteiger charge is -2.15. The van der Waals surface area contributed by atoms with Gasteiger partial charge in [0.25, 0.3) is 0 Å². The minimum atomic E-state index is -0.604. The highest BCUT2D eigenvalue weighted by Crippen LogP contribution is 1.96. The second kappa shape index (κ2) is 6.20. The number of carbonyl (C=O) groups is 2. The Bertz CT molecular complexity index is 206. The number of hydrogen-bond donors (Lipinski definition) is 4. The molecule has 0 radical (unpaired) electrons. The summed E-state index contributed by atoms with van der Waals surface area (Å²) in [5.41, 5.74) is 10.4. The van der Waals surface area contributed by atoms with E-state index in [2.05, 4.69) is 10.6 Å². The van der Waals surface area contributed by atoms with Gasteiger partial charge in [0.1, 0.15) is 0 Å². The summed E-state index contributed by atoms with van der Waals surface area (Å²) in [6.07, 6.45) is 0. The summed E-state index contributed by atoms with van der Waals surface area (Å²) < 4.78 is 0. The summed E-state index contributed by atoms with van der Waals surface area (Å²) in [4.78, 5) is 21.5. The van der Waals surface area contributed by atoms with Crippen molar-refractivity contribution in [2.45, 2.75) is 19.9 Å². The Labute approximate surface area is 83.4 Å². The lowest BCUT2D eigenvalue weighted by Crippen LogP contribution is -2.46. The maximum atomic E-state index is 11.2. The zero-order valence-electron chi connectivity index (χ0n) is 8.54. The molecule has 0 fully saturated rings. The second-order valence-electron chi connectivity index (χ2n) is 3.35. The molecule has 0 aromatic rings. The van der Waals surface area contributed by atoms with Gasteiger partial charge in [-0.2, -0.15) is 0 Å². The molecule has 0 aliphatic heterocycles. The third kappa shape index (κ3) is 5.36. The van der Waals surface area contributed by atoms with Crippen molar-refractivity contribution in [2.75, 3.05) is 13.1 Å². The molecule has 6 heteroatoms. The Morgan fingerprint density at radius 1 is 1.21 bits per heavy atom. The van der Waals surface area contributed by atoms with Crippen LogP contribution in [0.1, 0.15) is 13.8 Å². The molecule has 0 aromatic carbocycles. The van der Waals surface area contributed by atoms with Gasteiger partial charge in [-0.3, -0.25) is 4.79 Å². The van der Waals surface area contributed by atoms with E-state index in [0.29, 0.717) is 13.1 Å². The minimum absolute atomic E-state index is 0.0964. The molecule has 3 amide bonds. The lowest BCUT2D eigenvalue weighted by molar-refractivity contribution is -0.123. The van der Waals surface area contributed by atoms with E-state index >= 15 is 0 Å². The fraction of sp³-hybridized carbons (Fsp3) is 0.750. The highest BCUT2D eigenvalue weighted by atomic mass is 16.2. The van der Waals surface area contributed by atoms with Crippen molar-refractivity contribution < 1.29 is 9.59 Å². The van der Waals surface area contributed by atoms with Crippen molar-refractivity contribution in [3.8, 4) is 0 Å². The van der Waals surface area contributed by atoms with E-state index in [1.165, 1.54) is 0 Å². The fourth-order valence-corrected chi connectivity index (χ4v) is 0.792. The summed E-state index contributed by atoms with van der Waals surface area (Å²) in [5.74, 6) is -0.120. The first-order chi connectivity index (χ1) is 6.45. The molecule has 6 N–H and O–H groups in total. The quantitative estimate of drug-likeness (QED) is 0.418. The number of nitrogens with one attached hydrogen (secondary N) is 2. The average molecular weight is 202 g/mol. The van der Waals surface area contributed by atoms with Crippen LogP contribution in [0.3, 0.4) is 0 Å². The van der Waals surface area contributed by atoms with E-state index in [1.54, 1.807) is 0 Å². The Hall–Kier alpha value is -1.30. The summed E-state index contributed by atoms with van der Waals surface area (Å²) in [5, 5.41) is 4.94. The van der Waals surface area contributed by atoms with Gasteiger partial charge in [0.2, 0.25) is 5.91 Å². The molecular formula is C8H18N4O2. The monoisotopic (exact) mass is 202 g/mol. The first-order valence-electron chi connectivity index (χ1n) is 4.51. The molecule has 0 heterocycles. The molecule has 0 bridgehead atoms. The maximum Gasteiger partial charge on any atom is 0.312 e. The molecule has 1 atom stereocenters. The van der Waals surface area contributed by atoms with Gasteiger partial charge in [-0.05, 0) is 5.92 Å². The van der Waals surface area contributed by atoms with Crippen molar-refractivity contribution in [1.29, 1.82) is 0 Å². The molecule has 82 valence electrons. The third-order valence-electron chi connectivity index (χ3n) is 1.74. The van der Waals surface area contributed by atoms with Gasteiger partial charge in [0, 0.05) is 13.1 Å². The molecule has 0 spiro atoms. The van der Waals surface area contributed by atoms with E-state index in [0.717, 1.165) is 0 Å². The smallest absolute Gasteiger partial charge is 0.312 e. The molecule has 0 aliphatic rings. The van der Waals surface area contributed by atoms with Gasteiger partial charge in [0.15, 0.2) is 0 Å². The van der Waals surface area contributed by atoms with Crippen LogP contribution < -0.4 is 22.1 Å². The van der Waals surface area contributed by atoms with Crippen LogP contribution in [0.4, 0.5) is 4.79 Å². The van der Waals surface area contributed by atoms with E-state index in [1.807, 2.05) is 13.8 Å². The molecule has 6 nitrogen and oxygen atoms in total. The van der Waals surface area contributed by atoms with Crippen molar-refractivity contribution in [3.05, 3.63) is 0 Å². The molecule has 0 saturated heterocycles. The van der Waals surface area contributed by atoms with Crippen LogP contribution in [-0.4, -0.2) is 31.1 Å². The van der Waals surface area contributed by atoms with E-state index in [4.69, 9.17) is 11.5 Å². The summed E-state index contributed by atoms with van der Waals surface area (Å²) in [6, 6.07) is -1.11. The first kappa shape index (κ1) is 12.7. The van der Waals surface area contributed by atoms with Crippen molar-refractivity contribution >= 4 is 11.9 Å². The molecule has 0 aliphatic carbocycles. The topological polar surface area (TPSA) is 110 Å². The van der Waals surface area contributed by atoms with E-state index < -0.39 is 12.1 Å². The highest BCUT2D eigenvalue weighted by molar-refractivity contribution is 5.81. The number of hydrogen-bond acceptors (Lipinski definition) is 3. The normalized spacial score (nSPS) is 12.3. The molecule has 0 aromatic heterocycles. The van der Waals surface area contributed by atoms with Crippen molar-refractivity contribution in [2.24, 2.45) is 17.4 Å². The van der Waals surface area contributed by atoms with Crippen LogP contribution in [0.25, 0.3) is 0 Å². The minimum Gasteiger partial charge on any atom is -0.353 e. The van der Waals surface area contributed by atoms with Crippen molar-refractivity contribution in [3.63, 3.8) is 0 Å². The number of primary amides is 1. The van der Waals surface area contributed by atoms with Crippen LogP contribution in [0.15, 0.2) is 0 Å². The van der Waals surface area contributed by atoms with Gasteiger partial charge in [-0.15, -0.1) is 0 Å². The van der Waals surface area contributed by atoms with Gasteiger partial charge >= 0.3 is 6.03 Å². The number of amides is 3. The van der Waals surface area contributed by atoms with Gasteiger partial charge < -0.3 is 22.1 Å². The third-order valence-corrected chi connectivity index (χ3v) is 1.74. The lowest BCUT2D eigenvalue weighted by atomic mass is 10.1. The zero-order chi connectivity index (χ0) is 11.1. The predicted molar refractivity (Wildman–Crippen MR) is 53.4 cm³/mol. The first-order valence-corrected chi connectivity index (χ1v) is 4.51. The Morgan fingerprint density at radius 2 is 1.71 bits per heavy atom. The summed E-state index contributed by atoms with van der Waals surface area (Å²) in [7, 11) is 0. The zero-order valence-corrected chi connectivity index (χ0v) is 8.54. The van der Waals surface area contributed by atoms with Crippen LogP contribution in [-0.2, 0) is 4.79 Å². The van der Waals surface area contributed by atoms with Gasteiger partial charge in [-0.25, -0.2) is 4.79 Å². The van der Waals surface area contributed by atoms with Gasteiger partial charge in [0.05, 0.1) is 6.04 Å². The van der Waals surface area contributed by atoms with Crippen LogP contribution in [0.2, 0.25) is 0 Å². The number of urea groups is 1. The fourth-order valence-electron chi connectivity index (χ4n) is 0.792. The largest absolute Gasteiger partial charge is 0.353 e. The van der Waals surface area contributed by atoms with Gasteiger partial charge in [-0.1, -0.05) is 13.8 Å². The maximum absolute atomic E-state index is 11.2. The highest BCUT2D eigenvalue weighted by Gasteiger charge is 2.15. The van der Waals surface area contributed by atoms with Crippen LogP contribution in [0.5, 0.6) is 0 Å². The summed E-state index contributed by atoms with van der Waals surface area (Å²) in [6.45, 7) is 4.38. The molecule has 1 unspecified atom stereocenters. The van der Waals surface area contributed by atoms with Crippen LogP contribution >= 0.6 is 0 Å². The summed E-state index contributed by atoms with van der Waals surface area (Å²) >= 11 is 0. The Morgan fingerprint density at radius 3 is 2.14 bits per heavy atom. The average Bonchev–Trinajstić information content (AvgIpc) is 2.10. The Kier molecular flexibility index (Phi) is 5.62. The number of rotatable bonds is 5. The SMILES string of the molecule is CC(C)C(N)C(=O)NCCNC(N)=O.